The van der Waals surface area contributed by atoms with Crippen LogP contribution in [0.3, 0.4) is 0 Å². The van der Waals surface area contributed by atoms with Gasteiger partial charge in [0.15, 0.2) is 0 Å². The fourth-order valence-corrected chi connectivity index (χ4v) is 5.06. The summed E-state index contributed by atoms with van der Waals surface area (Å²) in [6.45, 7) is 8.25. The van der Waals surface area contributed by atoms with Gasteiger partial charge in [0.1, 0.15) is 6.04 Å². The van der Waals surface area contributed by atoms with Gasteiger partial charge >= 0.3 is 0 Å². The molecular weight excluding hydrogens is 462 g/mol. The van der Waals surface area contributed by atoms with Crippen molar-refractivity contribution < 1.29 is 18.0 Å². The smallest absolute Gasteiger partial charge is 0.251 e. The minimum absolute atomic E-state index is 0.0473. The first kappa shape index (κ1) is 26.8. The van der Waals surface area contributed by atoms with E-state index in [9.17, 15) is 18.0 Å². The summed E-state index contributed by atoms with van der Waals surface area (Å²) in [4.78, 5) is 27.7. The van der Waals surface area contributed by atoms with E-state index in [1.807, 2.05) is 26.0 Å². The molecule has 9 heteroatoms. The summed E-state index contributed by atoms with van der Waals surface area (Å²) in [5, 5.41) is 3.40. The normalized spacial score (nSPS) is 12.6. The minimum Gasteiger partial charge on any atom is -0.340 e. The zero-order chi connectivity index (χ0) is 24.8. The first-order chi connectivity index (χ1) is 15.5. The van der Waals surface area contributed by atoms with Gasteiger partial charge in [0.25, 0.3) is 5.91 Å². The van der Waals surface area contributed by atoms with Gasteiger partial charge in [-0.15, -0.1) is 0 Å². The Hall–Kier alpha value is -2.42. The summed E-state index contributed by atoms with van der Waals surface area (Å²) < 4.78 is 27.0. The highest BCUT2D eigenvalue weighted by Gasteiger charge is 2.28. The molecule has 0 aromatic heterocycles. The van der Waals surface area contributed by atoms with Crippen molar-refractivity contribution in [3.63, 3.8) is 0 Å². The van der Waals surface area contributed by atoms with Gasteiger partial charge in [-0.1, -0.05) is 57.5 Å². The lowest BCUT2D eigenvalue weighted by atomic mass is 10.0. The number of sulfonamides is 1. The Morgan fingerprint density at radius 3 is 2.18 bits per heavy atom. The Balaban J connectivity index is 2.20. The van der Waals surface area contributed by atoms with E-state index in [1.54, 1.807) is 37.9 Å². The second-order valence-electron chi connectivity index (χ2n) is 8.13. The number of hydrogen-bond acceptors (Lipinski definition) is 4. The van der Waals surface area contributed by atoms with Gasteiger partial charge in [0, 0.05) is 37.3 Å². The van der Waals surface area contributed by atoms with Gasteiger partial charge in [0.05, 0.1) is 4.90 Å². The van der Waals surface area contributed by atoms with Crippen molar-refractivity contribution in [2.24, 2.45) is 5.92 Å². The predicted octanol–water partition coefficient (Wildman–Crippen LogP) is 3.78. The highest BCUT2D eigenvalue weighted by atomic mass is 35.5. The molecule has 0 spiro atoms. The highest BCUT2D eigenvalue weighted by Crippen LogP contribution is 2.18. The predicted molar refractivity (Wildman–Crippen MR) is 131 cm³/mol. The summed E-state index contributed by atoms with van der Waals surface area (Å²) in [6.07, 6.45) is 0. The molecule has 0 unspecified atom stereocenters. The van der Waals surface area contributed by atoms with Crippen molar-refractivity contribution in [3.05, 3.63) is 64.7 Å². The van der Waals surface area contributed by atoms with E-state index >= 15 is 0 Å². The summed E-state index contributed by atoms with van der Waals surface area (Å²) >= 11 is 5.92. The third kappa shape index (κ3) is 6.79. The van der Waals surface area contributed by atoms with E-state index in [1.165, 1.54) is 28.6 Å². The lowest BCUT2D eigenvalue weighted by Gasteiger charge is -2.27. The van der Waals surface area contributed by atoms with Gasteiger partial charge in [-0.25, -0.2) is 8.42 Å². The standard InChI is InChI=1S/C24H32ClN3O4S/c1-6-28(7-2)33(31,32)21-10-8-9-19(15-21)23(29)26-22(17(3)4)24(30)27(5)16-18-11-13-20(25)14-12-18/h8-15,17,22H,6-7,16H2,1-5H3,(H,26,29)/t22-/m0/s1. The molecule has 180 valence electrons. The molecule has 0 bridgehead atoms. The van der Waals surface area contributed by atoms with Crippen LogP contribution in [-0.4, -0.2) is 55.6 Å². The average Bonchev–Trinajstić information content (AvgIpc) is 2.78. The number of rotatable bonds is 10. The number of nitrogens with one attached hydrogen (secondary N) is 1. The zero-order valence-corrected chi connectivity index (χ0v) is 21.3. The van der Waals surface area contributed by atoms with E-state index in [0.29, 0.717) is 24.7 Å². The molecule has 2 rings (SSSR count). The summed E-state index contributed by atoms with van der Waals surface area (Å²) in [5.74, 6) is -0.907. The minimum atomic E-state index is -3.70. The monoisotopic (exact) mass is 493 g/mol. The van der Waals surface area contributed by atoms with Crippen molar-refractivity contribution in [1.82, 2.24) is 14.5 Å². The molecule has 2 aromatic carbocycles. The Kier molecular flexibility index (Phi) is 9.46. The van der Waals surface area contributed by atoms with E-state index < -0.39 is 22.0 Å². The van der Waals surface area contributed by atoms with Crippen molar-refractivity contribution in [3.8, 4) is 0 Å². The van der Waals surface area contributed by atoms with Crippen molar-refractivity contribution in [2.45, 2.75) is 45.2 Å². The van der Waals surface area contributed by atoms with Crippen LogP contribution in [0.2, 0.25) is 5.02 Å². The summed E-state index contributed by atoms with van der Waals surface area (Å²) in [7, 11) is -2.02. The van der Waals surface area contributed by atoms with Gasteiger partial charge in [-0.2, -0.15) is 4.31 Å². The van der Waals surface area contributed by atoms with Crippen molar-refractivity contribution in [1.29, 1.82) is 0 Å². The van der Waals surface area contributed by atoms with Crippen LogP contribution in [0.25, 0.3) is 0 Å². The lowest BCUT2D eigenvalue weighted by Crippen LogP contribution is -2.50. The van der Waals surface area contributed by atoms with Gasteiger partial charge in [-0.3, -0.25) is 9.59 Å². The van der Waals surface area contributed by atoms with E-state index in [4.69, 9.17) is 11.6 Å². The average molecular weight is 494 g/mol. The largest absolute Gasteiger partial charge is 0.340 e. The van der Waals surface area contributed by atoms with Crippen LogP contribution < -0.4 is 5.32 Å². The fourth-order valence-electron chi connectivity index (χ4n) is 3.43. The molecule has 0 radical (unpaired) electrons. The molecule has 0 aliphatic rings. The van der Waals surface area contributed by atoms with Crippen molar-refractivity contribution in [2.75, 3.05) is 20.1 Å². The number of benzene rings is 2. The Bertz CT molecular complexity index is 1070. The van der Waals surface area contributed by atoms with Crippen LogP contribution in [0.4, 0.5) is 0 Å². The number of hydrogen-bond donors (Lipinski definition) is 1. The van der Waals surface area contributed by atoms with Gasteiger partial charge < -0.3 is 10.2 Å². The molecule has 2 aromatic rings. The number of carbonyl (C=O) groups is 2. The Labute approximate surface area is 201 Å². The Morgan fingerprint density at radius 1 is 1.03 bits per heavy atom. The summed E-state index contributed by atoms with van der Waals surface area (Å²) in [6, 6.07) is 12.3. The van der Waals surface area contributed by atoms with Crippen LogP contribution in [0.1, 0.15) is 43.6 Å². The molecule has 1 atom stereocenters. The molecule has 0 fully saturated rings. The topological polar surface area (TPSA) is 86.8 Å². The maximum atomic E-state index is 13.1. The SMILES string of the molecule is CCN(CC)S(=O)(=O)c1cccc(C(=O)N[C@H](C(=O)N(C)Cc2ccc(Cl)cc2)C(C)C)c1. The van der Waals surface area contributed by atoms with Gasteiger partial charge in [-0.05, 0) is 41.8 Å². The van der Waals surface area contributed by atoms with Crippen LogP contribution >= 0.6 is 11.6 Å². The van der Waals surface area contributed by atoms with Crippen LogP contribution in [0, 0.1) is 5.92 Å². The molecule has 0 heterocycles. The number of likely N-dealkylation sites (N-methyl/N-ethyl adjacent to an activating group) is 1. The van der Waals surface area contributed by atoms with E-state index in [-0.39, 0.29) is 22.3 Å². The molecule has 0 saturated heterocycles. The van der Waals surface area contributed by atoms with Gasteiger partial charge in [0.2, 0.25) is 15.9 Å². The number of halogens is 1. The molecule has 2 amide bonds. The zero-order valence-electron chi connectivity index (χ0n) is 19.7. The lowest BCUT2D eigenvalue weighted by molar-refractivity contribution is -0.133. The second kappa shape index (κ2) is 11.6. The molecule has 33 heavy (non-hydrogen) atoms. The number of nitrogens with zero attached hydrogens (tertiary/aromatic N) is 2. The van der Waals surface area contributed by atoms with E-state index in [0.717, 1.165) is 5.56 Å². The maximum Gasteiger partial charge on any atom is 0.251 e. The molecular formula is C24H32ClN3O4S. The molecule has 0 saturated carbocycles. The first-order valence-electron chi connectivity index (χ1n) is 10.9. The quantitative estimate of drug-likeness (QED) is 0.545. The second-order valence-corrected chi connectivity index (χ2v) is 10.5. The van der Waals surface area contributed by atoms with E-state index in [2.05, 4.69) is 5.32 Å². The molecule has 0 aliphatic heterocycles. The maximum absolute atomic E-state index is 13.1. The van der Waals surface area contributed by atoms with Crippen LogP contribution in [-0.2, 0) is 21.4 Å². The molecule has 7 nitrogen and oxygen atoms in total. The first-order valence-corrected chi connectivity index (χ1v) is 12.7. The Morgan fingerprint density at radius 2 is 1.64 bits per heavy atom. The molecule has 0 aliphatic carbocycles. The van der Waals surface area contributed by atoms with Crippen LogP contribution in [0.15, 0.2) is 53.4 Å². The fraction of sp³-hybridized carbons (Fsp3) is 0.417. The number of amides is 2. The third-order valence-corrected chi connectivity index (χ3v) is 7.67. The van der Waals surface area contributed by atoms with Crippen molar-refractivity contribution >= 4 is 33.4 Å². The summed E-state index contributed by atoms with van der Waals surface area (Å²) in [5.41, 5.74) is 1.10. The third-order valence-electron chi connectivity index (χ3n) is 5.37. The van der Waals surface area contributed by atoms with Crippen LogP contribution in [0.5, 0.6) is 0 Å². The number of carbonyl (C=O) groups excluding carboxylic acids is 2. The highest BCUT2D eigenvalue weighted by molar-refractivity contribution is 7.89. The molecule has 1 N–H and O–H groups in total.